The highest BCUT2D eigenvalue weighted by atomic mass is 35.5. The average molecular weight is 179 g/mol. The lowest BCUT2D eigenvalue weighted by Crippen LogP contribution is -2.53. The number of carbonyl (C=O) groups is 1. The van der Waals surface area contributed by atoms with Crippen molar-refractivity contribution < 1.29 is 4.79 Å². The van der Waals surface area contributed by atoms with Crippen LogP contribution in [0.1, 0.15) is 13.8 Å². The van der Waals surface area contributed by atoms with Gasteiger partial charge in [0.1, 0.15) is 0 Å². The maximum absolute atomic E-state index is 11.0. The highest BCUT2D eigenvalue weighted by Gasteiger charge is 2.23. The maximum atomic E-state index is 11.0. The maximum Gasteiger partial charge on any atom is 0.237 e. The minimum Gasteiger partial charge on any atom is -0.353 e. The van der Waals surface area contributed by atoms with Crippen LogP contribution in [0.3, 0.4) is 0 Å². The molecule has 1 heterocycles. The Balaban J connectivity index is 0.000001000. The summed E-state index contributed by atoms with van der Waals surface area (Å²) in [5, 5.41) is 2.82. The van der Waals surface area contributed by atoms with Crippen LogP contribution in [0.25, 0.3) is 0 Å². The molecule has 0 aromatic carbocycles. The molecule has 1 saturated heterocycles. The van der Waals surface area contributed by atoms with Gasteiger partial charge < -0.3 is 5.32 Å². The van der Waals surface area contributed by atoms with Crippen LogP contribution in [-0.4, -0.2) is 36.5 Å². The zero-order valence-electron chi connectivity index (χ0n) is 6.96. The van der Waals surface area contributed by atoms with Crippen molar-refractivity contribution in [3.05, 3.63) is 0 Å². The standard InChI is InChI=1S/C7H14N2O.ClH/c1-3-9-5-4-8-7(10)6(9)2;/h6H,3-5H2,1-2H3,(H,8,10);1H. The van der Waals surface area contributed by atoms with E-state index in [9.17, 15) is 4.79 Å². The molecule has 66 valence electrons. The highest BCUT2D eigenvalue weighted by Crippen LogP contribution is 2.01. The summed E-state index contributed by atoms with van der Waals surface area (Å²) in [6.07, 6.45) is 0. The third kappa shape index (κ3) is 2.34. The van der Waals surface area contributed by atoms with Crippen LogP contribution in [0.5, 0.6) is 0 Å². The molecule has 1 unspecified atom stereocenters. The number of hydrogen-bond acceptors (Lipinski definition) is 2. The molecule has 0 spiro atoms. The fourth-order valence-electron chi connectivity index (χ4n) is 1.26. The van der Waals surface area contributed by atoms with E-state index in [1.807, 2.05) is 6.92 Å². The Morgan fingerprint density at radius 1 is 1.73 bits per heavy atom. The SMILES string of the molecule is CCN1CCNC(=O)C1C.Cl. The number of likely N-dealkylation sites (N-methyl/N-ethyl adjacent to an activating group) is 1. The normalized spacial score (nSPS) is 25.6. The summed E-state index contributed by atoms with van der Waals surface area (Å²) in [7, 11) is 0. The van der Waals surface area contributed by atoms with E-state index in [4.69, 9.17) is 0 Å². The summed E-state index contributed by atoms with van der Waals surface area (Å²) in [6, 6.07) is 0.0683. The molecule has 1 fully saturated rings. The molecule has 0 aliphatic carbocycles. The van der Waals surface area contributed by atoms with E-state index < -0.39 is 0 Å². The van der Waals surface area contributed by atoms with Gasteiger partial charge in [-0.2, -0.15) is 0 Å². The van der Waals surface area contributed by atoms with Crippen molar-refractivity contribution in [3.63, 3.8) is 0 Å². The van der Waals surface area contributed by atoms with Crippen LogP contribution < -0.4 is 5.32 Å². The molecule has 1 rings (SSSR count). The molecule has 0 radical (unpaired) electrons. The van der Waals surface area contributed by atoms with Crippen molar-refractivity contribution in [2.75, 3.05) is 19.6 Å². The van der Waals surface area contributed by atoms with Gasteiger partial charge in [-0.3, -0.25) is 9.69 Å². The lowest BCUT2D eigenvalue weighted by Gasteiger charge is -2.31. The lowest BCUT2D eigenvalue weighted by atomic mass is 10.2. The zero-order valence-corrected chi connectivity index (χ0v) is 7.78. The molecule has 4 heteroatoms. The van der Waals surface area contributed by atoms with E-state index in [1.54, 1.807) is 0 Å². The Morgan fingerprint density at radius 3 is 2.82 bits per heavy atom. The van der Waals surface area contributed by atoms with Gasteiger partial charge in [0.05, 0.1) is 6.04 Å². The summed E-state index contributed by atoms with van der Waals surface area (Å²) in [6.45, 7) is 6.78. The van der Waals surface area contributed by atoms with E-state index >= 15 is 0 Å². The van der Waals surface area contributed by atoms with Crippen LogP contribution in [0.15, 0.2) is 0 Å². The topological polar surface area (TPSA) is 32.3 Å². The third-order valence-corrected chi connectivity index (χ3v) is 2.03. The molecule has 1 amide bonds. The van der Waals surface area contributed by atoms with Crippen molar-refractivity contribution in [1.29, 1.82) is 0 Å². The number of nitrogens with one attached hydrogen (secondary N) is 1. The van der Waals surface area contributed by atoms with Gasteiger partial charge in [0.2, 0.25) is 5.91 Å². The second kappa shape index (κ2) is 4.57. The Labute approximate surface area is 73.5 Å². The number of nitrogens with zero attached hydrogens (tertiary/aromatic N) is 1. The first-order valence-electron chi connectivity index (χ1n) is 3.77. The van der Waals surface area contributed by atoms with Crippen molar-refractivity contribution in [2.24, 2.45) is 0 Å². The van der Waals surface area contributed by atoms with E-state index in [1.165, 1.54) is 0 Å². The number of amides is 1. The monoisotopic (exact) mass is 178 g/mol. The molecule has 3 nitrogen and oxygen atoms in total. The molecule has 11 heavy (non-hydrogen) atoms. The number of halogens is 1. The summed E-state index contributed by atoms with van der Waals surface area (Å²) in [5.74, 6) is 0.160. The smallest absolute Gasteiger partial charge is 0.237 e. The van der Waals surface area contributed by atoms with Crippen LogP contribution in [0, 0.1) is 0 Å². The number of carbonyl (C=O) groups excluding carboxylic acids is 1. The van der Waals surface area contributed by atoms with Crippen molar-refractivity contribution in [1.82, 2.24) is 10.2 Å². The minimum absolute atomic E-state index is 0. The first-order chi connectivity index (χ1) is 4.75. The summed E-state index contributed by atoms with van der Waals surface area (Å²) < 4.78 is 0. The fourth-order valence-corrected chi connectivity index (χ4v) is 1.26. The van der Waals surface area contributed by atoms with Crippen LogP contribution in [-0.2, 0) is 4.79 Å². The first-order valence-corrected chi connectivity index (χ1v) is 3.77. The van der Waals surface area contributed by atoms with E-state index in [-0.39, 0.29) is 24.4 Å². The largest absolute Gasteiger partial charge is 0.353 e. The van der Waals surface area contributed by atoms with E-state index in [0.717, 1.165) is 19.6 Å². The number of rotatable bonds is 1. The van der Waals surface area contributed by atoms with Gasteiger partial charge in [-0.05, 0) is 13.5 Å². The predicted molar refractivity (Wildman–Crippen MR) is 47.0 cm³/mol. The molecule has 1 aliphatic heterocycles. The van der Waals surface area contributed by atoms with Crippen LogP contribution in [0.4, 0.5) is 0 Å². The van der Waals surface area contributed by atoms with Crippen LogP contribution >= 0.6 is 12.4 Å². The van der Waals surface area contributed by atoms with E-state index in [0.29, 0.717) is 0 Å². The number of piperazine rings is 1. The van der Waals surface area contributed by atoms with Gasteiger partial charge in [-0.25, -0.2) is 0 Å². The molecule has 0 aromatic heterocycles. The Morgan fingerprint density at radius 2 is 2.36 bits per heavy atom. The molecule has 0 aromatic rings. The van der Waals surface area contributed by atoms with Gasteiger partial charge in [0, 0.05) is 13.1 Å². The Bertz CT molecular complexity index is 140. The second-order valence-corrected chi connectivity index (χ2v) is 2.60. The van der Waals surface area contributed by atoms with Gasteiger partial charge in [0.15, 0.2) is 0 Å². The first kappa shape index (κ1) is 10.7. The summed E-state index contributed by atoms with van der Waals surface area (Å²) in [5.41, 5.74) is 0. The molecular weight excluding hydrogens is 164 g/mol. The van der Waals surface area contributed by atoms with Gasteiger partial charge >= 0.3 is 0 Å². The molecule has 1 aliphatic rings. The molecule has 0 bridgehead atoms. The molecule has 1 atom stereocenters. The lowest BCUT2D eigenvalue weighted by molar-refractivity contribution is -0.128. The van der Waals surface area contributed by atoms with Crippen LogP contribution in [0.2, 0.25) is 0 Å². The molecule has 0 saturated carbocycles. The van der Waals surface area contributed by atoms with Gasteiger partial charge in [-0.1, -0.05) is 6.92 Å². The van der Waals surface area contributed by atoms with Gasteiger partial charge in [-0.15, -0.1) is 12.4 Å². The summed E-state index contributed by atoms with van der Waals surface area (Å²) >= 11 is 0. The Kier molecular flexibility index (Phi) is 4.45. The predicted octanol–water partition coefficient (Wildman–Crippen LogP) is 0.248. The average Bonchev–Trinajstić information content (AvgIpc) is 1.95. The van der Waals surface area contributed by atoms with Gasteiger partial charge in [0.25, 0.3) is 0 Å². The van der Waals surface area contributed by atoms with E-state index in [2.05, 4.69) is 17.1 Å². The zero-order chi connectivity index (χ0) is 7.56. The van der Waals surface area contributed by atoms with Crippen molar-refractivity contribution >= 4 is 18.3 Å². The van der Waals surface area contributed by atoms with Crippen molar-refractivity contribution in [2.45, 2.75) is 19.9 Å². The molecular formula is C7H15ClN2O. The third-order valence-electron chi connectivity index (χ3n) is 2.03. The van der Waals surface area contributed by atoms with Crippen molar-refractivity contribution in [3.8, 4) is 0 Å². The second-order valence-electron chi connectivity index (χ2n) is 2.60. The number of hydrogen-bond donors (Lipinski definition) is 1. The molecule has 1 N–H and O–H groups in total. The highest BCUT2D eigenvalue weighted by molar-refractivity contribution is 5.85. The summed E-state index contributed by atoms with van der Waals surface area (Å²) in [4.78, 5) is 13.2. The fraction of sp³-hybridized carbons (Fsp3) is 0.857. The Hall–Kier alpha value is -0.280. The minimum atomic E-state index is 0. The quantitative estimate of drug-likeness (QED) is 0.625.